The number of aromatic nitrogens is 1. The van der Waals surface area contributed by atoms with Gasteiger partial charge in [0, 0.05) is 17.3 Å². The van der Waals surface area contributed by atoms with Crippen LogP contribution in [0, 0.1) is 0 Å². The number of carbonyl (C=O) groups excluding carboxylic acids is 2. The normalized spacial score (nSPS) is 11.7. The van der Waals surface area contributed by atoms with Gasteiger partial charge in [0.15, 0.2) is 6.10 Å². The summed E-state index contributed by atoms with van der Waals surface area (Å²) in [7, 11) is 0. The number of nitrogens with zero attached hydrogens (tertiary/aromatic N) is 1. The summed E-state index contributed by atoms with van der Waals surface area (Å²) in [6.45, 7) is 1.59. The van der Waals surface area contributed by atoms with Crippen LogP contribution in [0.5, 0.6) is 0 Å². The summed E-state index contributed by atoms with van der Waals surface area (Å²) in [6.07, 6.45) is 0.313. The number of benzene rings is 1. The van der Waals surface area contributed by atoms with E-state index >= 15 is 0 Å². The Morgan fingerprint density at radius 1 is 1.26 bits per heavy atom. The van der Waals surface area contributed by atoms with E-state index in [4.69, 9.17) is 22.1 Å². The largest absolute Gasteiger partial charge is 0.449 e. The molecule has 1 amide bonds. The molecule has 0 fully saturated rings. The summed E-state index contributed by atoms with van der Waals surface area (Å²) in [5, 5.41) is 0.523. The number of primary amides is 1. The molecule has 0 saturated carbocycles. The summed E-state index contributed by atoms with van der Waals surface area (Å²) in [5.41, 5.74) is 5.65. The van der Waals surface area contributed by atoms with Gasteiger partial charge >= 0.3 is 5.97 Å². The van der Waals surface area contributed by atoms with E-state index < -0.39 is 18.0 Å². The SMILES string of the molecule is C[C@@H](OC(=O)c1ccc(=O)n(Cc2ccccc2Cl)c1)C(N)=O. The second-order valence-corrected chi connectivity index (χ2v) is 5.33. The van der Waals surface area contributed by atoms with Crippen molar-refractivity contribution >= 4 is 23.5 Å². The van der Waals surface area contributed by atoms with Crippen molar-refractivity contribution in [3.05, 3.63) is 69.1 Å². The third-order valence-corrected chi connectivity index (χ3v) is 3.57. The van der Waals surface area contributed by atoms with Crippen molar-refractivity contribution in [2.75, 3.05) is 0 Å². The average molecular weight is 335 g/mol. The maximum atomic E-state index is 12.0. The van der Waals surface area contributed by atoms with Crippen molar-refractivity contribution < 1.29 is 14.3 Å². The van der Waals surface area contributed by atoms with Crippen LogP contribution in [0.1, 0.15) is 22.8 Å². The lowest BCUT2D eigenvalue weighted by Gasteiger charge is -2.11. The number of amides is 1. The molecule has 1 aromatic heterocycles. The van der Waals surface area contributed by atoms with Crippen LogP contribution in [-0.2, 0) is 16.1 Å². The Morgan fingerprint density at radius 3 is 2.61 bits per heavy atom. The number of rotatable bonds is 5. The average Bonchev–Trinajstić information content (AvgIpc) is 2.51. The molecule has 1 atom stereocenters. The van der Waals surface area contributed by atoms with Gasteiger partial charge in [-0.3, -0.25) is 9.59 Å². The van der Waals surface area contributed by atoms with Crippen LogP contribution >= 0.6 is 11.6 Å². The first kappa shape index (κ1) is 16.8. The Bertz CT molecular complexity index is 801. The number of hydrogen-bond acceptors (Lipinski definition) is 4. The predicted octanol–water partition coefficient (Wildman–Crippen LogP) is 1.58. The summed E-state index contributed by atoms with van der Waals surface area (Å²) in [4.78, 5) is 34.8. The van der Waals surface area contributed by atoms with E-state index in [1.807, 2.05) is 0 Å². The quantitative estimate of drug-likeness (QED) is 0.840. The second kappa shape index (κ2) is 7.11. The van der Waals surface area contributed by atoms with Crippen molar-refractivity contribution in [3.63, 3.8) is 0 Å². The molecule has 0 bridgehead atoms. The predicted molar refractivity (Wildman–Crippen MR) is 85.3 cm³/mol. The fourth-order valence-corrected chi connectivity index (χ4v) is 2.07. The lowest BCUT2D eigenvalue weighted by molar-refractivity contribution is -0.125. The topological polar surface area (TPSA) is 91.4 Å². The van der Waals surface area contributed by atoms with Crippen molar-refractivity contribution in [3.8, 4) is 0 Å². The van der Waals surface area contributed by atoms with Gasteiger partial charge in [-0.15, -0.1) is 0 Å². The van der Waals surface area contributed by atoms with E-state index in [0.717, 1.165) is 5.56 Å². The van der Waals surface area contributed by atoms with Crippen molar-refractivity contribution in [2.24, 2.45) is 5.73 Å². The van der Waals surface area contributed by atoms with E-state index in [-0.39, 0.29) is 17.7 Å². The van der Waals surface area contributed by atoms with Crippen molar-refractivity contribution in [2.45, 2.75) is 19.6 Å². The molecule has 2 aromatic rings. The van der Waals surface area contributed by atoms with E-state index in [9.17, 15) is 14.4 Å². The highest BCUT2D eigenvalue weighted by Crippen LogP contribution is 2.15. The maximum absolute atomic E-state index is 12.0. The van der Waals surface area contributed by atoms with Crippen LogP contribution in [-0.4, -0.2) is 22.5 Å². The molecule has 0 spiro atoms. The third-order valence-electron chi connectivity index (χ3n) is 3.20. The Morgan fingerprint density at radius 2 is 1.96 bits per heavy atom. The fraction of sp³-hybridized carbons (Fsp3) is 0.188. The van der Waals surface area contributed by atoms with E-state index in [1.165, 1.54) is 29.8 Å². The highest BCUT2D eigenvalue weighted by molar-refractivity contribution is 6.31. The monoisotopic (exact) mass is 334 g/mol. The van der Waals surface area contributed by atoms with Gasteiger partial charge in [0.25, 0.3) is 11.5 Å². The van der Waals surface area contributed by atoms with Gasteiger partial charge in [-0.05, 0) is 24.6 Å². The smallest absolute Gasteiger partial charge is 0.340 e. The maximum Gasteiger partial charge on any atom is 0.340 e. The number of hydrogen-bond donors (Lipinski definition) is 1. The molecule has 0 aliphatic rings. The first-order valence-corrected chi connectivity index (χ1v) is 7.20. The minimum Gasteiger partial charge on any atom is -0.449 e. The zero-order valence-corrected chi connectivity index (χ0v) is 13.1. The molecular formula is C16H15ClN2O4. The van der Waals surface area contributed by atoms with Crippen LogP contribution in [0.25, 0.3) is 0 Å². The molecule has 0 unspecified atom stereocenters. The highest BCUT2D eigenvalue weighted by atomic mass is 35.5. The zero-order chi connectivity index (χ0) is 17.0. The van der Waals surface area contributed by atoms with Gasteiger partial charge in [-0.2, -0.15) is 0 Å². The zero-order valence-electron chi connectivity index (χ0n) is 12.4. The van der Waals surface area contributed by atoms with E-state index in [2.05, 4.69) is 0 Å². The minimum absolute atomic E-state index is 0.143. The molecule has 23 heavy (non-hydrogen) atoms. The van der Waals surface area contributed by atoms with Gasteiger partial charge in [0.1, 0.15) is 0 Å². The number of carbonyl (C=O) groups is 2. The second-order valence-electron chi connectivity index (χ2n) is 4.93. The van der Waals surface area contributed by atoms with Crippen molar-refractivity contribution in [1.82, 2.24) is 4.57 Å². The first-order valence-electron chi connectivity index (χ1n) is 6.82. The Balaban J connectivity index is 2.26. The number of halogens is 1. The van der Waals surface area contributed by atoms with Gasteiger partial charge in [0.05, 0.1) is 12.1 Å². The highest BCUT2D eigenvalue weighted by Gasteiger charge is 2.17. The van der Waals surface area contributed by atoms with Gasteiger partial charge < -0.3 is 15.0 Å². The first-order chi connectivity index (χ1) is 10.9. The molecule has 2 rings (SSSR count). The number of nitrogens with two attached hydrogens (primary N) is 1. The summed E-state index contributed by atoms with van der Waals surface area (Å²) in [6, 6.07) is 9.68. The van der Waals surface area contributed by atoms with Gasteiger partial charge in [0.2, 0.25) is 0 Å². The Hall–Kier alpha value is -2.60. The Labute approximate surface area is 137 Å². The third kappa shape index (κ3) is 4.20. The minimum atomic E-state index is -1.05. The molecule has 7 heteroatoms. The lowest BCUT2D eigenvalue weighted by atomic mass is 10.2. The van der Waals surface area contributed by atoms with Crippen molar-refractivity contribution in [1.29, 1.82) is 0 Å². The van der Waals surface area contributed by atoms with Crippen LogP contribution in [0.15, 0.2) is 47.4 Å². The fourth-order valence-electron chi connectivity index (χ4n) is 1.87. The molecule has 0 radical (unpaired) electrons. The summed E-state index contributed by atoms with van der Waals surface area (Å²) < 4.78 is 6.25. The van der Waals surface area contributed by atoms with E-state index in [1.54, 1.807) is 24.3 Å². The standard InChI is InChI=1S/C16H15ClN2O4/c1-10(15(18)21)23-16(22)12-6-7-14(20)19(9-12)8-11-4-2-3-5-13(11)17/h2-7,9-10H,8H2,1H3,(H2,18,21)/t10-/m1/s1. The molecule has 120 valence electrons. The molecule has 6 nitrogen and oxygen atoms in total. The summed E-state index contributed by atoms with van der Waals surface area (Å²) in [5.74, 6) is -1.48. The van der Waals surface area contributed by atoms with Gasteiger partial charge in [-0.1, -0.05) is 29.8 Å². The van der Waals surface area contributed by atoms with Gasteiger partial charge in [-0.25, -0.2) is 4.79 Å². The van der Waals surface area contributed by atoms with Crippen LogP contribution in [0.2, 0.25) is 5.02 Å². The Kier molecular flexibility index (Phi) is 5.18. The number of esters is 1. The number of ether oxygens (including phenoxy) is 1. The summed E-state index contributed by atoms with van der Waals surface area (Å²) >= 11 is 6.07. The molecule has 1 aromatic carbocycles. The molecule has 1 heterocycles. The molecule has 0 aliphatic carbocycles. The number of pyridine rings is 1. The molecular weight excluding hydrogens is 320 g/mol. The van der Waals surface area contributed by atoms with E-state index in [0.29, 0.717) is 5.02 Å². The van der Waals surface area contributed by atoms with Crippen LogP contribution < -0.4 is 11.3 Å². The lowest BCUT2D eigenvalue weighted by Crippen LogP contribution is -2.31. The molecule has 2 N–H and O–H groups in total. The van der Waals surface area contributed by atoms with Crippen LogP contribution in [0.3, 0.4) is 0 Å². The molecule has 0 aliphatic heterocycles. The van der Waals surface area contributed by atoms with Crippen LogP contribution in [0.4, 0.5) is 0 Å². The molecule has 0 saturated heterocycles.